The van der Waals surface area contributed by atoms with Gasteiger partial charge in [0.2, 0.25) is 11.8 Å². The first-order valence-corrected chi connectivity index (χ1v) is 8.87. The van der Waals surface area contributed by atoms with Crippen molar-refractivity contribution in [2.24, 2.45) is 0 Å². The molecule has 1 aliphatic heterocycles. The highest BCUT2D eigenvalue weighted by Gasteiger charge is 2.23. The van der Waals surface area contributed by atoms with Crippen LogP contribution in [0.5, 0.6) is 0 Å². The highest BCUT2D eigenvalue weighted by Crippen LogP contribution is 2.23. The lowest BCUT2D eigenvalue weighted by Gasteiger charge is -2.05. The van der Waals surface area contributed by atoms with Crippen LogP contribution in [0.4, 0.5) is 5.95 Å². The molecule has 134 valence electrons. The van der Waals surface area contributed by atoms with Crippen LogP contribution < -0.4 is 10.6 Å². The van der Waals surface area contributed by atoms with Crippen molar-refractivity contribution in [2.75, 3.05) is 11.9 Å². The molecule has 1 aliphatic rings. The summed E-state index contributed by atoms with van der Waals surface area (Å²) in [5.74, 6) is 0.745. The molecule has 0 unspecified atom stereocenters. The third kappa shape index (κ3) is 3.25. The van der Waals surface area contributed by atoms with Gasteiger partial charge in [-0.15, -0.1) is 0 Å². The molecule has 1 saturated heterocycles. The molecule has 1 fully saturated rings. The van der Waals surface area contributed by atoms with Crippen LogP contribution in [0.3, 0.4) is 0 Å². The Kier molecular flexibility index (Phi) is 4.53. The van der Waals surface area contributed by atoms with E-state index in [1.54, 1.807) is 0 Å². The van der Waals surface area contributed by atoms with E-state index in [1.807, 2.05) is 48.0 Å². The average Bonchev–Trinajstić information content (AvgIpc) is 3.42. The molecule has 0 aliphatic carbocycles. The smallest absolute Gasteiger partial charge is 0.279 e. The number of imidazole rings is 1. The van der Waals surface area contributed by atoms with E-state index >= 15 is 0 Å². The maximum atomic E-state index is 12.5. The second kappa shape index (κ2) is 7.13. The van der Waals surface area contributed by atoms with E-state index < -0.39 is 0 Å². The number of carbonyl (C=O) groups excluding carboxylic acids is 1. The number of hydrogen-bond donors (Lipinski definition) is 2. The van der Waals surface area contributed by atoms with Crippen LogP contribution in [0.1, 0.15) is 42.2 Å². The summed E-state index contributed by atoms with van der Waals surface area (Å²) >= 11 is 0. The molecular weight excluding hydrogens is 330 g/mol. The summed E-state index contributed by atoms with van der Waals surface area (Å²) in [6.45, 7) is 3.66. The molecule has 2 N–H and O–H groups in total. The first-order valence-electron chi connectivity index (χ1n) is 8.87. The van der Waals surface area contributed by atoms with Crippen molar-refractivity contribution in [3.05, 3.63) is 54.4 Å². The zero-order valence-corrected chi connectivity index (χ0v) is 14.6. The molecule has 0 spiro atoms. The van der Waals surface area contributed by atoms with Crippen LogP contribution in [-0.2, 0) is 6.54 Å². The Morgan fingerprint density at radius 2 is 2.19 bits per heavy atom. The first-order chi connectivity index (χ1) is 12.7. The Morgan fingerprint density at radius 1 is 1.35 bits per heavy atom. The molecule has 2 aromatic heterocycles. The summed E-state index contributed by atoms with van der Waals surface area (Å²) in [4.78, 5) is 21.4. The van der Waals surface area contributed by atoms with E-state index in [2.05, 4.69) is 20.6 Å². The molecule has 3 heterocycles. The van der Waals surface area contributed by atoms with E-state index in [0.717, 1.165) is 30.6 Å². The Morgan fingerprint density at radius 3 is 2.92 bits per heavy atom. The van der Waals surface area contributed by atoms with Crippen molar-refractivity contribution in [3.8, 4) is 11.3 Å². The van der Waals surface area contributed by atoms with E-state index in [-0.39, 0.29) is 17.6 Å². The lowest BCUT2D eigenvalue weighted by molar-refractivity contribution is 0.102. The van der Waals surface area contributed by atoms with Crippen LogP contribution in [0.15, 0.2) is 47.2 Å². The zero-order valence-electron chi connectivity index (χ0n) is 14.6. The standard InChI is InChI=1S/C19H21N5O2/c1-2-24-11-15(13-7-4-3-5-8-13)22-19(24)23-17(25)16-12-26-18(21-16)14-9-6-10-20-14/h3-5,7-8,11-12,14,20H,2,6,9-10H2,1H3,(H,22,23,25)/t14-/m0/s1. The fraction of sp³-hybridized carbons (Fsp3) is 0.316. The third-order valence-electron chi connectivity index (χ3n) is 4.53. The predicted molar refractivity (Wildman–Crippen MR) is 97.8 cm³/mol. The van der Waals surface area contributed by atoms with Gasteiger partial charge in [0.1, 0.15) is 6.26 Å². The van der Waals surface area contributed by atoms with Gasteiger partial charge in [-0.1, -0.05) is 30.3 Å². The number of nitrogens with zero attached hydrogens (tertiary/aromatic N) is 3. The van der Waals surface area contributed by atoms with Gasteiger partial charge >= 0.3 is 0 Å². The molecule has 0 radical (unpaired) electrons. The van der Waals surface area contributed by atoms with Crippen molar-refractivity contribution >= 4 is 11.9 Å². The van der Waals surface area contributed by atoms with Crippen LogP contribution >= 0.6 is 0 Å². The minimum Gasteiger partial charge on any atom is -0.446 e. The largest absolute Gasteiger partial charge is 0.446 e. The fourth-order valence-electron chi connectivity index (χ4n) is 3.12. The van der Waals surface area contributed by atoms with Crippen molar-refractivity contribution in [1.82, 2.24) is 19.9 Å². The predicted octanol–water partition coefficient (Wildman–Crippen LogP) is 3.23. The fourth-order valence-corrected chi connectivity index (χ4v) is 3.12. The topological polar surface area (TPSA) is 85.0 Å². The quantitative estimate of drug-likeness (QED) is 0.737. The summed E-state index contributed by atoms with van der Waals surface area (Å²) in [7, 11) is 0. The van der Waals surface area contributed by atoms with Gasteiger partial charge in [-0.25, -0.2) is 9.97 Å². The maximum Gasteiger partial charge on any atom is 0.279 e. The lowest BCUT2D eigenvalue weighted by Crippen LogP contribution is -2.17. The number of benzene rings is 1. The Balaban J connectivity index is 1.53. The number of amides is 1. The SMILES string of the molecule is CCn1cc(-c2ccccc2)nc1NC(=O)c1coc([C@@H]2CCCN2)n1. The van der Waals surface area contributed by atoms with Crippen molar-refractivity contribution in [3.63, 3.8) is 0 Å². The number of oxazole rings is 1. The van der Waals surface area contributed by atoms with Gasteiger partial charge in [0.15, 0.2) is 5.69 Å². The van der Waals surface area contributed by atoms with Crippen molar-refractivity contribution in [2.45, 2.75) is 32.4 Å². The highest BCUT2D eigenvalue weighted by atomic mass is 16.3. The van der Waals surface area contributed by atoms with Crippen LogP contribution in [-0.4, -0.2) is 27.0 Å². The van der Waals surface area contributed by atoms with Gasteiger partial charge in [-0.05, 0) is 26.3 Å². The van der Waals surface area contributed by atoms with Crippen LogP contribution in [0.2, 0.25) is 0 Å². The molecule has 1 atom stereocenters. The number of nitrogens with one attached hydrogen (secondary N) is 2. The number of carbonyl (C=O) groups is 1. The van der Waals surface area contributed by atoms with Gasteiger partial charge in [0.25, 0.3) is 5.91 Å². The summed E-state index contributed by atoms with van der Waals surface area (Å²) in [5, 5.41) is 6.15. The molecule has 3 aromatic rings. The maximum absolute atomic E-state index is 12.5. The summed E-state index contributed by atoms with van der Waals surface area (Å²) in [5.41, 5.74) is 2.09. The summed E-state index contributed by atoms with van der Waals surface area (Å²) in [6, 6.07) is 9.97. The molecule has 7 heteroatoms. The van der Waals surface area contributed by atoms with Crippen LogP contribution in [0, 0.1) is 0 Å². The molecular formula is C19H21N5O2. The highest BCUT2D eigenvalue weighted by molar-refractivity contribution is 6.01. The molecule has 4 rings (SSSR count). The van der Waals surface area contributed by atoms with Gasteiger partial charge in [-0.2, -0.15) is 0 Å². The molecule has 7 nitrogen and oxygen atoms in total. The average molecular weight is 351 g/mol. The minimum atomic E-state index is -0.321. The number of anilines is 1. The third-order valence-corrected chi connectivity index (χ3v) is 4.53. The second-order valence-electron chi connectivity index (χ2n) is 6.28. The first kappa shape index (κ1) is 16.5. The number of aromatic nitrogens is 3. The van der Waals surface area contributed by atoms with Gasteiger partial charge in [0.05, 0.1) is 11.7 Å². The Labute approximate surface area is 151 Å². The zero-order chi connectivity index (χ0) is 17.9. The Bertz CT molecular complexity index is 894. The van der Waals surface area contributed by atoms with Crippen molar-refractivity contribution in [1.29, 1.82) is 0 Å². The second-order valence-corrected chi connectivity index (χ2v) is 6.28. The van der Waals surface area contributed by atoms with E-state index in [1.165, 1.54) is 6.26 Å². The minimum absolute atomic E-state index is 0.0962. The normalized spacial score (nSPS) is 16.7. The van der Waals surface area contributed by atoms with E-state index in [4.69, 9.17) is 4.42 Å². The molecule has 1 amide bonds. The van der Waals surface area contributed by atoms with Gasteiger partial charge in [-0.3, -0.25) is 10.1 Å². The van der Waals surface area contributed by atoms with Crippen LogP contribution in [0.25, 0.3) is 11.3 Å². The number of rotatable bonds is 5. The van der Waals surface area contributed by atoms with Gasteiger partial charge < -0.3 is 14.3 Å². The summed E-state index contributed by atoms with van der Waals surface area (Å²) in [6.07, 6.45) is 5.40. The summed E-state index contributed by atoms with van der Waals surface area (Å²) < 4.78 is 7.38. The molecule has 26 heavy (non-hydrogen) atoms. The molecule has 1 aromatic carbocycles. The molecule has 0 saturated carbocycles. The van der Waals surface area contributed by atoms with Gasteiger partial charge in [0, 0.05) is 18.3 Å². The number of aryl methyl sites for hydroxylation is 1. The lowest BCUT2D eigenvalue weighted by atomic mass is 10.2. The number of hydrogen-bond acceptors (Lipinski definition) is 5. The Hall–Kier alpha value is -2.93. The van der Waals surface area contributed by atoms with Crippen molar-refractivity contribution < 1.29 is 9.21 Å². The van der Waals surface area contributed by atoms with E-state index in [9.17, 15) is 4.79 Å². The molecule has 0 bridgehead atoms. The van der Waals surface area contributed by atoms with E-state index in [0.29, 0.717) is 18.4 Å². The monoisotopic (exact) mass is 351 g/mol.